The fraction of sp³-hybridized carbons (Fsp3) is 0.133. The summed E-state index contributed by atoms with van der Waals surface area (Å²) in [5.74, 6) is 0.923. The maximum absolute atomic E-state index is 11.3. The Bertz CT molecular complexity index is 439. The van der Waals surface area contributed by atoms with E-state index in [1.807, 2.05) is 12.1 Å². The third-order valence-electron chi connectivity index (χ3n) is 1.99. The summed E-state index contributed by atoms with van der Waals surface area (Å²) < 4.78 is 9.91. The third-order valence-corrected chi connectivity index (χ3v) is 1.99. The molecule has 0 saturated heterocycles. The minimum atomic E-state index is -0.739. The van der Waals surface area contributed by atoms with E-state index in [9.17, 15) is 4.79 Å². The van der Waals surface area contributed by atoms with Gasteiger partial charge in [-0.2, -0.15) is 0 Å². The van der Waals surface area contributed by atoms with Crippen LogP contribution in [0.25, 0.3) is 0 Å². The van der Waals surface area contributed by atoms with Gasteiger partial charge in [0.1, 0.15) is 11.5 Å². The molecule has 0 bridgehead atoms. The van der Waals surface area contributed by atoms with Crippen LogP contribution in [0.5, 0.6) is 11.5 Å². The van der Waals surface area contributed by atoms with E-state index in [0.29, 0.717) is 11.5 Å². The molecule has 0 spiro atoms. The van der Waals surface area contributed by atoms with Crippen molar-refractivity contribution in [2.45, 2.75) is 0 Å². The van der Waals surface area contributed by atoms with Crippen LogP contribution < -0.4 is 9.47 Å². The fourth-order valence-corrected chi connectivity index (χ4v) is 1.19. The topological polar surface area (TPSA) is 76.0 Å². The highest BCUT2D eigenvalue weighted by Crippen LogP contribution is 2.12. The van der Waals surface area contributed by atoms with Gasteiger partial charge in [0.15, 0.2) is 0 Å². The zero-order valence-corrected chi connectivity index (χ0v) is 10.8. The van der Waals surface area contributed by atoms with Crippen molar-refractivity contribution in [3.63, 3.8) is 0 Å². The Morgan fingerprint density at radius 3 is 1.40 bits per heavy atom. The first kappa shape index (κ1) is 15.7. The van der Waals surface area contributed by atoms with Crippen LogP contribution in [-0.2, 0) is 0 Å². The summed E-state index contributed by atoms with van der Waals surface area (Å²) in [5, 5.41) is 15.2. The maximum Gasteiger partial charge on any atom is 0.519 e. The van der Waals surface area contributed by atoms with Crippen LogP contribution in [0.2, 0.25) is 0 Å². The number of ether oxygens (including phenoxy) is 2. The van der Waals surface area contributed by atoms with Gasteiger partial charge in [-0.05, 0) is 24.3 Å². The number of carbonyl (C=O) groups is 1. The highest BCUT2D eigenvalue weighted by molar-refractivity contribution is 5.66. The second kappa shape index (κ2) is 9.55. The summed E-state index contributed by atoms with van der Waals surface area (Å²) in [7, 11) is 0. The van der Waals surface area contributed by atoms with E-state index in [0.717, 1.165) is 0 Å². The Morgan fingerprint density at radius 2 is 1.10 bits per heavy atom. The van der Waals surface area contributed by atoms with Gasteiger partial charge in [-0.15, -0.1) is 0 Å². The molecule has 2 aromatic rings. The summed E-state index contributed by atoms with van der Waals surface area (Å²) in [6.07, 6.45) is -0.739. The van der Waals surface area contributed by atoms with Crippen molar-refractivity contribution in [2.75, 3.05) is 13.2 Å². The van der Waals surface area contributed by atoms with Crippen molar-refractivity contribution in [3.8, 4) is 11.5 Å². The van der Waals surface area contributed by atoms with Gasteiger partial charge >= 0.3 is 6.16 Å². The van der Waals surface area contributed by atoms with Crippen molar-refractivity contribution in [2.24, 2.45) is 0 Å². The molecule has 0 radical (unpaired) electrons. The Kier molecular flexibility index (Phi) is 7.49. The molecule has 5 heteroatoms. The first-order chi connectivity index (χ1) is 9.76. The zero-order valence-electron chi connectivity index (χ0n) is 10.8. The molecule has 5 nitrogen and oxygen atoms in total. The molecule has 0 saturated carbocycles. The summed E-state index contributed by atoms with van der Waals surface area (Å²) in [6.45, 7) is -0.250. The van der Waals surface area contributed by atoms with E-state index in [2.05, 4.69) is 0 Å². The van der Waals surface area contributed by atoms with Crippen molar-refractivity contribution >= 4 is 6.16 Å². The lowest BCUT2D eigenvalue weighted by atomic mass is 10.3. The van der Waals surface area contributed by atoms with E-state index in [1.54, 1.807) is 48.5 Å². The van der Waals surface area contributed by atoms with Crippen LogP contribution in [0.1, 0.15) is 0 Å². The Labute approximate surface area is 117 Å². The predicted molar refractivity (Wildman–Crippen MR) is 73.7 cm³/mol. The van der Waals surface area contributed by atoms with Crippen LogP contribution in [-0.4, -0.2) is 29.6 Å². The molecule has 0 unspecified atom stereocenters. The van der Waals surface area contributed by atoms with Gasteiger partial charge in [0, 0.05) is 0 Å². The highest BCUT2D eigenvalue weighted by atomic mass is 16.7. The maximum atomic E-state index is 11.3. The minimum absolute atomic E-state index is 0.125. The molecule has 0 amide bonds. The van der Waals surface area contributed by atoms with Crippen LogP contribution in [0, 0.1) is 0 Å². The summed E-state index contributed by atoms with van der Waals surface area (Å²) in [4.78, 5) is 11.3. The number of hydrogen-bond acceptors (Lipinski definition) is 5. The standard InChI is InChI=1S/C13H10O3.C2H6O2/c14-13(15-11-7-3-1-4-8-11)16-12-9-5-2-6-10-12;3-1-2-4/h1-10H;3-4H,1-2H2. The molecule has 0 fully saturated rings. The second-order valence-corrected chi connectivity index (χ2v) is 3.53. The van der Waals surface area contributed by atoms with Gasteiger partial charge in [-0.25, -0.2) is 4.79 Å². The van der Waals surface area contributed by atoms with E-state index in [-0.39, 0.29) is 13.2 Å². The lowest BCUT2D eigenvalue weighted by molar-refractivity contribution is 0.152. The van der Waals surface area contributed by atoms with Gasteiger partial charge in [0.05, 0.1) is 13.2 Å². The van der Waals surface area contributed by atoms with Gasteiger partial charge in [0.2, 0.25) is 0 Å². The molecule has 0 aromatic heterocycles. The Morgan fingerprint density at radius 1 is 0.750 bits per heavy atom. The van der Waals surface area contributed by atoms with E-state index in [4.69, 9.17) is 19.7 Å². The van der Waals surface area contributed by atoms with Crippen molar-refractivity contribution in [3.05, 3.63) is 60.7 Å². The molecule has 0 atom stereocenters. The van der Waals surface area contributed by atoms with Gasteiger partial charge < -0.3 is 19.7 Å². The molecule has 20 heavy (non-hydrogen) atoms. The lowest BCUT2D eigenvalue weighted by Crippen LogP contribution is -2.13. The Balaban J connectivity index is 0.000000444. The van der Waals surface area contributed by atoms with Crippen molar-refractivity contribution < 1.29 is 24.5 Å². The third kappa shape index (κ3) is 6.53. The first-order valence-electron chi connectivity index (χ1n) is 5.97. The van der Waals surface area contributed by atoms with Gasteiger partial charge in [-0.1, -0.05) is 36.4 Å². The largest absolute Gasteiger partial charge is 0.519 e. The average Bonchev–Trinajstić information content (AvgIpc) is 2.49. The molecule has 0 aliphatic heterocycles. The number of rotatable bonds is 3. The quantitative estimate of drug-likeness (QED) is 0.664. The average molecular weight is 276 g/mol. The molecule has 106 valence electrons. The normalized spacial score (nSPS) is 9.10. The first-order valence-corrected chi connectivity index (χ1v) is 5.97. The summed E-state index contributed by atoms with van der Waals surface area (Å²) in [6, 6.07) is 17.6. The van der Waals surface area contributed by atoms with Gasteiger partial charge in [0.25, 0.3) is 0 Å². The molecular formula is C15H16O5. The highest BCUT2D eigenvalue weighted by Gasteiger charge is 2.06. The number of aliphatic hydroxyl groups is 2. The SMILES string of the molecule is O=C(Oc1ccccc1)Oc1ccccc1.OCCO. The molecule has 2 rings (SSSR count). The predicted octanol–water partition coefficient (Wildman–Crippen LogP) is 2.24. The lowest BCUT2D eigenvalue weighted by Gasteiger charge is -2.04. The van der Waals surface area contributed by atoms with Crippen LogP contribution in [0.4, 0.5) is 4.79 Å². The fourth-order valence-electron chi connectivity index (χ4n) is 1.19. The second-order valence-electron chi connectivity index (χ2n) is 3.53. The number of aliphatic hydroxyl groups excluding tert-OH is 2. The smallest absolute Gasteiger partial charge is 0.395 e. The van der Waals surface area contributed by atoms with Crippen molar-refractivity contribution in [1.82, 2.24) is 0 Å². The van der Waals surface area contributed by atoms with Crippen molar-refractivity contribution in [1.29, 1.82) is 0 Å². The molecule has 0 heterocycles. The van der Waals surface area contributed by atoms with Gasteiger partial charge in [-0.3, -0.25) is 0 Å². The van der Waals surface area contributed by atoms with E-state index >= 15 is 0 Å². The minimum Gasteiger partial charge on any atom is -0.395 e. The molecule has 2 N–H and O–H groups in total. The monoisotopic (exact) mass is 276 g/mol. The van der Waals surface area contributed by atoms with E-state index in [1.165, 1.54) is 0 Å². The molecule has 0 aliphatic rings. The summed E-state index contributed by atoms with van der Waals surface area (Å²) >= 11 is 0. The zero-order chi connectivity index (χ0) is 14.6. The molecular weight excluding hydrogens is 260 g/mol. The molecule has 0 aliphatic carbocycles. The van der Waals surface area contributed by atoms with Crippen LogP contribution >= 0.6 is 0 Å². The van der Waals surface area contributed by atoms with E-state index < -0.39 is 6.16 Å². The number of hydrogen-bond donors (Lipinski definition) is 2. The number of para-hydroxylation sites is 2. The molecule has 2 aromatic carbocycles. The van der Waals surface area contributed by atoms with Crippen LogP contribution in [0.15, 0.2) is 60.7 Å². The number of benzene rings is 2. The number of carbonyl (C=O) groups excluding carboxylic acids is 1. The summed E-state index contributed by atoms with van der Waals surface area (Å²) in [5.41, 5.74) is 0. The van der Waals surface area contributed by atoms with Crippen LogP contribution in [0.3, 0.4) is 0 Å². The Hall–Kier alpha value is -2.37.